The van der Waals surface area contributed by atoms with E-state index < -0.39 is 0 Å². The molecule has 0 aliphatic carbocycles. The summed E-state index contributed by atoms with van der Waals surface area (Å²) >= 11 is 5.72. The summed E-state index contributed by atoms with van der Waals surface area (Å²) < 4.78 is 0. The first-order valence-corrected chi connectivity index (χ1v) is 8.73. The summed E-state index contributed by atoms with van der Waals surface area (Å²) in [5.41, 5.74) is 0. The van der Waals surface area contributed by atoms with Crippen LogP contribution in [0.3, 0.4) is 0 Å². The van der Waals surface area contributed by atoms with Gasteiger partial charge in [-0.05, 0) is 42.6 Å². The minimum atomic E-state index is 0.387. The Labute approximate surface area is 117 Å². The fourth-order valence-corrected chi connectivity index (χ4v) is 4.39. The van der Waals surface area contributed by atoms with Gasteiger partial charge in [0.2, 0.25) is 5.91 Å². The molecule has 0 bridgehead atoms. The van der Waals surface area contributed by atoms with Crippen molar-refractivity contribution in [3.8, 4) is 0 Å². The van der Waals surface area contributed by atoms with Gasteiger partial charge in [0, 0.05) is 24.3 Å². The van der Waals surface area contributed by atoms with Gasteiger partial charge in [0.25, 0.3) is 0 Å². The second kappa shape index (κ2) is 6.46. The molecule has 2 atom stereocenters. The molecule has 2 saturated heterocycles. The molecule has 1 amide bonds. The van der Waals surface area contributed by atoms with E-state index in [2.05, 4.69) is 27.8 Å². The fraction of sp³-hybridized carbons (Fsp3) is 0.923. The number of carbonyl (C=O) groups excluding carboxylic acids is 1. The Kier molecular flexibility index (Phi) is 5.22. The Hall–Kier alpha value is 0.300. The normalized spacial score (nSPS) is 31.5. The van der Waals surface area contributed by atoms with Crippen LogP contribution in [0.5, 0.6) is 0 Å². The van der Waals surface area contributed by atoms with E-state index in [1.807, 2.05) is 11.8 Å². The smallest absolute Gasteiger partial charge is 0.222 e. The summed E-state index contributed by atoms with van der Waals surface area (Å²) in [7, 11) is 0. The first-order chi connectivity index (χ1) is 8.16. The maximum absolute atomic E-state index is 12.2. The standard InChI is InChI=1S/C13H22BrNOS/c1-10-2-5-15(9-12(10)14)13(16)8-11-3-6-17-7-4-11/h10-12H,2-9H2,1H3. The van der Waals surface area contributed by atoms with Crippen LogP contribution < -0.4 is 0 Å². The first-order valence-electron chi connectivity index (χ1n) is 6.66. The molecule has 98 valence electrons. The van der Waals surface area contributed by atoms with Crippen LogP contribution in [0.25, 0.3) is 0 Å². The molecule has 2 rings (SSSR count). The molecule has 0 aromatic rings. The van der Waals surface area contributed by atoms with Gasteiger partial charge in [-0.1, -0.05) is 22.9 Å². The monoisotopic (exact) mass is 319 g/mol. The summed E-state index contributed by atoms with van der Waals surface area (Å²) in [6.45, 7) is 4.13. The summed E-state index contributed by atoms with van der Waals surface area (Å²) in [5, 5.41) is 0. The number of carbonyl (C=O) groups is 1. The number of rotatable bonds is 2. The van der Waals surface area contributed by atoms with Gasteiger partial charge in [0.05, 0.1) is 0 Å². The van der Waals surface area contributed by atoms with Crippen LogP contribution in [-0.2, 0) is 4.79 Å². The molecule has 2 unspecified atom stereocenters. The molecule has 0 aromatic carbocycles. The van der Waals surface area contributed by atoms with E-state index in [4.69, 9.17) is 0 Å². The van der Waals surface area contributed by atoms with E-state index in [0.717, 1.165) is 25.9 Å². The van der Waals surface area contributed by atoms with Crippen molar-refractivity contribution in [1.29, 1.82) is 0 Å². The zero-order valence-electron chi connectivity index (χ0n) is 10.5. The van der Waals surface area contributed by atoms with Crippen molar-refractivity contribution >= 4 is 33.6 Å². The largest absolute Gasteiger partial charge is 0.342 e. The zero-order valence-corrected chi connectivity index (χ0v) is 12.9. The SMILES string of the molecule is CC1CCN(C(=O)CC2CCSCC2)CC1Br. The number of likely N-dealkylation sites (tertiary alicyclic amines) is 1. The number of thioether (sulfide) groups is 1. The van der Waals surface area contributed by atoms with E-state index in [-0.39, 0.29) is 0 Å². The molecule has 2 heterocycles. The predicted molar refractivity (Wildman–Crippen MR) is 77.7 cm³/mol. The fourth-order valence-electron chi connectivity index (χ4n) is 2.58. The average molecular weight is 320 g/mol. The first kappa shape index (κ1) is 13.7. The lowest BCUT2D eigenvalue weighted by molar-refractivity contribution is -0.133. The average Bonchev–Trinajstić information content (AvgIpc) is 2.34. The van der Waals surface area contributed by atoms with Gasteiger partial charge in [-0.3, -0.25) is 4.79 Å². The Morgan fingerprint density at radius 3 is 2.71 bits per heavy atom. The van der Waals surface area contributed by atoms with Crippen LogP contribution in [0.15, 0.2) is 0 Å². The molecule has 2 nitrogen and oxygen atoms in total. The van der Waals surface area contributed by atoms with Crippen molar-refractivity contribution in [1.82, 2.24) is 4.90 Å². The maximum Gasteiger partial charge on any atom is 0.222 e. The molecular weight excluding hydrogens is 298 g/mol. The topological polar surface area (TPSA) is 20.3 Å². The highest BCUT2D eigenvalue weighted by Gasteiger charge is 2.28. The van der Waals surface area contributed by atoms with Crippen LogP contribution in [0, 0.1) is 11.8 Å². The summed E-state index contributed by atoms with van der Waals surface area (Å²) in [5.74, 6) is 4.23. The van der Waals surface area contributed by atoms with Gasteiger partial charge in [-0.2, -0.15) is 11.8 Å². The van der Waals surface area contributed by atoms with Gasteiger partial charge >= 0.3 is 0 Å². The Bertz CT molecular complexity index is 268. The Morgan fingerprint density at radius 1 is 1.35 bits per heavy atom. The number of alkyl halides is 1. The van der Waals surface area contributed by atoms with E-state index in [1.165, 1.54) is 24.3 Å². The van der Waals surface area contributed by atoms with Crippen molar-refractivity contribution in [3.05, 3.63) is 0 Å². The number of piperidine rings is 1. The minimum Gasteiger partial charge on any atom is -0.342 e. The van der Waals surface area contributed by atoms with Gasteiger partial charge in [0.1, 0.15) is 0 Å². The van der Waals surface area contributed by atoms with Gasteiger partial charge < -0.3 is 4.90 Å². The molecule has 2 fully saturated rings. The zero-order chi connectivity index (χ0) is 12.3. The van der Waals surface area contributed by atoms with Crippen molar-refractivity contribution < 1.29 is 4.79 Å². The van der Waals surface area contributed by atoms with Gasteiger partial charge in [-0.25, -0.2) is 0 Å². The third kappa shape index (κ3) is 3.88. The van der Waals surface area contributed by atoms with E-state index in [0.29, 0.717) is 22.6 Å². The molecule has 0 spiro atoms. The summed E-state index contributed by atoms with van der Waals surface area (Å²) in [6.07, 6.45) is 4.40. The lowest BCUT2D eigenvalue weighted by Crippen LogP contribution is -2.44. The van der Waals surface area contributed by atoms with Crippen LogP contribution in [0.4, 0.5) is 0 Å². The number of hydrogen-bond acceptors (Lipinski definition) is 2. The van der Waals surface area contributed by atoms with Gasteiger partial charge in [0.15, 0.2) is 0 Å². The highest BCUT2D eigenvalue weighted by atomic mass is 79.9. The Morgan fingerprint density at radius 2 is 2.06 bits per heavy atom. The van der Waals surface area contributed by atoms with Crippen LogP contribution in [-0.4, -0.2) is 40.2 Å². The second-order valence-electron chi connectivity index (χ2n) is 5.38. The molecule has 0 saturated carbocycles. The van der Waals surface area contributed by atoms with E-state index in [1.54, 1.807) is 0 Å². The summed E-state index contributed by atoms with van der Waals surface area (Å²) in [6, 6.07) is 0. The quantitative estimate of drug-likeness (QED) is 0.729. The lowest BCUT2D eigenvalue weighted by Gasteiger charge is -2.35. The molecule has 17 heavy (non-hydrogen) atoms. The van der Waals surface area contributed by atoms with Crippen LogP contribution in [0.2, 0.25) is 0 Å². The highest BCUT2D eigenvalue weighted by Crippen LogP contribution is 2.28. The molecule has 0 N–H and O–H groups in total. The van der Waals surface area contributed by atoms with Crippen molar-refractivity contribution in [2.45, 2.75) is 37.4 Å². The maximum atomic E-state index is 12.2. The van der Waals surface area contributed by atoms with Crippen molar-refractivity contribution in [3.63, 3.8) is 0 Å². The molecule has 2 aliphatic rings. The van der Waals surface area contributed by atoms with Crippen molar-refractivity contribution in [2.75, 3.05) is 24.6 Å². The summed E-state index contributed by atoms with van der Waals surface area (Å²) in [4.78, 5) is 14.8. The molecule has 0 radical (unpaired) electrons. The molecule has 2 aliphatic heterocycles. The van der Waals surface area contributed by atoms with Crippen molar-refractivity contribution in [2.24, 2.45) is 11.8 Å². The molecular formula is C13H22BrNOS. The van der Waals surface area contributed by atoms with Crippen LogP contribution in [0.1, 0.15) is 32.6 Å². The number of amides is 1. The predicted octanol–water partition coefficient (Wildman–Crippen LogP) is 3.15. The van der Waals surface area contributed by atoms with Crippen LogP contribution >= 0.6 is 27.7 Å². The lowest BCUT2D eigenvalue weighted by atomic mass is 9.95. The third-order valence-corrected chi connectivity index (χ3v) is 6.26. The minimum absolute atomic E-state index is 0.387. The van der Waals surface area contributed by atoms with Gasteiger partial charge in [-0.15, -0.1) is 0 Å². The second-order valence-corrected chi connectivity index (χ2v) is 7.78. The molecule has 0 aromatic heterocycles. The van der Waals surface area contributed by atoms with E-state index >= 15 is 0 Å². The third-order valence-electron chi connectivity index (χ3n) is 4.02. The highest BCUT2D eigenvalue weighted by molar-refractivity contribution is 9.09. The number of hydrogen-bond donors (Lipinski definition) is 0. The number of nitrogens with zero attached hydrogens (tertiary/aromatic N) is 1. The Balaban J connectivity index is 1.79. The van der Waals surface area contributed by atoms with E-state index in [9.17, 15) is 4.79 Å². The molecule has 4 heteroatoms. The number of halogens is 1.